The first-order valence-corrected chi connectivity index (χ1v) is 10.9. The molecule has 1 unspecified atom stereocenters. The summed E-state index contributed by atoms with van der Waals surface area (Å²) in [6, 6.07) is 12.8. The third-order valence-corrected chi connectivity index (χ3v) is 4.87. The summed E-state index contributed by atoms with van der Waals surface area (Å²) in [5.74, 6) is 3.06. The van der Waals surface area contributed by atoms with E-state index in [0.717, 1.165) is 0 Å². The van der Waals surface area contributed by atoms with Crippen molar-refractivity contribution < 1.29 is 38.3 Å². The van der Waals surface area contributed by atoms with Crippen molar-refractivity contribution in [2.75, 3.05) is 19.8 Å². The fourth-order valence-corrected chi connectivity index (χ4v) is 3.15. The summed E-state index contributed by atoms with van der Waals surface area (Å²) in [6.45, 7) is 2.99. The molecule has 0 heterocycles. The Morgan fingerprint density at radius 1 is 0.971 bits per heavy atom. The molecule has 1 atom stereocenters. The molecule has 2 rings (SSSR count). The Morgan fingerprint density at radius 2 is 1.63 bits per heavy atom. The maximum Gasteiger partial charge on any atom is 0.344 e. The maximum atomic E-state index is 13.2. The van der Waals surface area contributed by atoms with E-state index in [9.17, 15) is 19.2 Å². The number of hydrogen-bond donors (Lipinski definition) is 1. The van der Waals surface area contributed by atoms with E-state index in [1.807, 2.05) is 0 Å². The second-order valence-corrected chi connectivity index (χ2v) is 7.40. The van der Waals surface area contributed by atoms with E-state index in [1.54, 1.807) is 55.5 Å². The summed E-state index contributed by atoms with van der Waals surface area (Å²) >= 11 is 0. The molecule has 186 valence electrons. The zero-order valence-electron chi connectivity index (χ0n) is 19.6. The van der Waals surface area contributed by atoms with Crippen LogP contribution in [0.25, 0.3) is 0 Å². The SMILES string of the molecule is CCOC(=O)COc1ccc(C(=O)C(CCOC(C)=O)CC(=O)c2ccc(C=NON)cc2)cc1. The molecular formula is C25H28N2O8. The molecule has 0 aliphatic heterocycles. The number of esters is 2. The quantitative estimate of drug-likeness (QED) is 0.185. The Kier molecular flexibility index (Phi) is 11.1. The summed E-state index contributed by atoms with van der Waals surface area (Å²) in [4.78, 5) is 52.8. The Balaban J connectivity index is 2.10. The van der Waals surface area contributed by atoms with Gasteiger partial charge in [0.15, 0.2) is 18.2 Å². The van der Waals surface area contributed by atoms with Gasteiger partial charge in [0.25, 0.3) is 0 Å². The fraction of sp³-hybridized carbons (Fsp3) is 0.320. The van der Waals surface area contributed by atoms with E-state index in [0.29, 0.717) is 22.4 Å². The van der Waals surface area contributed by atoms with Gasteiger partial charge in [-0.2, -0.15) is 0 Å². The van der Waals surface area contributed by atoms with E-state index < -0.39 is 17.9 Å². The second kappa shape index (κ2) is 14.3. The minimum Gasteiger partial charge on any atom is -0.482 e. The number of Topliss-reactive ketones (excluding diaryl/α,β-unsaturated/α-hetero) is 2. The zero-order chi connectivity index (χ0) is 25.6. The number of carbonyl (C=O) groups is 4. The highest BCUT2D eigenvalue weighted by atomic mass is 16.7. The van der Waals surface area contributed by atoms with Gasteiger partial charge in [0.1, 0.15) is 5.75 Å². The van der Waals surface area contributed by atoms with Gasteiger partial charge in [0, 0.05) is 30.4 Å². The molecule has 0 radical (unpaired) electrons. The maximum absolute atomic E-state index is 13.2. The Hall–Kier alpha value is -4.05. The third kappa shape index (κ3) is 9.38. The predicted molar refractivity (Wildman–Crippen MR) is 126 cm³/mol. The molecule has 0 aliphatic carbocycles. The molecule has 2 aromatic carbocycles. The highest BCUT2D eigenvalue weighted by molar-refractivity contribution is 6.03. The smallest absolute Gasteiger partial charge is 0.344 e. The van der Waals surface area contributed by atoms with E-state index in [4.69, 9.17) is 20.1 Å². The lowest BCUT2D eigenvalue weighted by Crippen LogP contribution is -2.21. The van der Waals surface area contributed by atoms with Crippen molar-refractivity contribution in [2.45, 2.75) is 26.7 Å². The highest BCUT2D eigenvalue weighted by Crippen LogP contribution is 2.22. The van der Waals surface area contributed by atoms with Crippen molar-refractivity contribution in [3.63, 3.8) is 0 Å². The molecular weight excluding hydrogens is 456 g/mol. The van der Waals surface area contributed by atoms with Crippen LogP contribution in [0.1, 0.15) is 53.0 Å². The molecule has 0 saturated carbocycles. The van der Waals surface area contributed by atoms with Crippen molar-refractivity contribution in [3.05, 3.63) is 65.2 Å². The lowest BCUT2D eigenvalue weighted by Gasteiger charge is -2.16. The van der Waals surface area contributed by atoms with Gasteiger partial charge >= 0.3 is 11.9 Å². The van der Waals surface area contributed by atoms with Gasteiger partial charge in [-0.05, 0) is 43.2 Å². The van der Waals surface area contributed by atoms with Gasteiger partial charge in [-0.15, -0.1) is 5.90 Å². The molecule has 0 spiro atoms. The van der Waals surface area contributed by atoms with Crippen LogP contribution in [0.2, 0.25) is 0 Å². The van der Waals surface area contributed by atoms with Gasteiger partial charge in [-0.1, -0.05) is 29.4 Å². The zero-order valence-corrected chi connectivity index (χ0v) is 19.6. The number of nitrogens with two attached hydrogens (primary N) is 1. The van der Waals surface area contributed by atoms with Crippen LogP contribution in [0.3, 0.4) is 0 Å². The largest absolute Gasteiger partial charge is 0.482 e. The van der Waals surface area contributed by atoms with Gasteiger partial charge < -0.3 is 19.1 Å². The summed E-state index contributed by atoms with van der Waals surface area (Å²) in [5, 5.41) is 3.45. The van der Waals surface area contributed by atoms with E-state index >= 15 is 0 Å². The van der Waals surface area contributed by atoms with Crippen molar-refractivity contribution >= 4 is 29.7 Å². The Bertz CT molecular complexity index is 1030. The number of nitrogens with zero attached hydrogens (tertiary/aromatic N) is 1. The minimum absolute atomic E-state index is 0.00818. The molecule has 0 fully saturated rings. The normalized spacial score (nSPS) is 11.5. The van der Waals surface area contributed by atoms with Crippen LogP contribution in [0, 0.1) is 5.92 Å². The standard InChI is InChI=1S/C25H28N2O8/c1-3-32-24(30)16-34-22-10-8-20(9-11-22)25(31)21(12-13-33-17(2)28)14-23(29)19-6-4-18(5-7-19)15-27-35-26/h4-11,15,21H,3,12-14,16,26H2,1-2H3. The third-order valence-electron chi connectivity index (χ3n) is 4.87. The second-order valence-electron chi connectivity index (χ2n) is 7.40. The Morgan fingerprint density at radius 3 is 2.23 bits per heavy atom. The van der Waals surface area contributed by atoms with Crippen LogP contribution < -0.4 is 10.6 Å². The number of benzene rings is 2. The van der Waals surface area contributed by atoms with Crippen LogP contribution in [-0.2, 0) is 24.0 Å². The lowest BCUT2D eigenvalue weighted by molar-refractivity contribution is -0.145. The molecule has 2 aromatic rings. The molecule has 0 aromatic heterocycles. The first-order chi connectivity index (χ1) is 16.8. The first kappa shape index (κ1) is 27.2. The van der Waals surface area contributed by atoms with E-state index in [-0.39, 0.29) is 44.2 Å². The Labute approximate surface area is 202 Å². The van der Waals surface area contributed by atoms with Crippen molar-refractivity contribution in [1.82, 2.24) is 0 Å². The van der Waals surface area contributed by atoms with Crippen molar-refractivity contribution in [1.29, 1.82) is 0 Å². The van der Waals surface area contributed by atoms with Crippen LogP contribution in [0.15, 0.2) is 53.7 Å². The van der Waals surface area contributed by atoms with Crippen LogP contribution in [-0.4, -0.2) is 49.5 Å². The molecule has 35 heavy (non-hydrogen) atoms. The first-order valence-electron chi connectivity index (χ1n) is 10.9. The molecule has 0 saturated heterocycles. The van der Waals surface area contributed by atoms with Crippen LogP contribution >= 0.6 is 0 Å². The molecule has 10 heteroatoms. The summed E-state index contributed by atoms with van der Waals surface area (Å²) in [7, 11) is 0. The summed E-state index contributed by atoms with van der Waals surface area (Å²) in [6.07, 6.45) is 1.50. The molecule has 0 bridgehead atoms. The average molecular weight is 485 g/mol. The summed E-state index contributed by atoms with van der Waals surface area (Å²) < 4.78 is 15.1. The predicted octanol–water partition coefficient (Wildman–Crippen LogP) is 2.88. The van der Waals surface area contributed by atoms with Crippen molar-refractivity contribution in [2.24, 2.45) is 17.0 Å². The molecule has 0 aliphatic rings. The van der Waals surface area contributed by atoms with E-state index in [2.05, 4.69) is 10.1 Å². The minimum atomic E-state index is -0.708. The van der Waals surface area contributed by atoms with Crippen LogP contribution in [0.4, 0.5) is 0 Å². The molecule has 10 nitrogen and oxygen atoms in total. The molecule has 0 amide bonds. The van der Waals surface area contributed by atoms with Gasteiger partial charge in [0.05, 0.1) is 19.4 Å². The average Bonchev–Trinajstić information content (AvgIpc) is 2.85. The topological polar surface area (TPSA) is 144 Å². The number of hydrogen-bond acceptors (Lipinski definition) is 10. The number of rotatable bonds is 14. The highest BCUT2D eigenvalue weighted by Gasteiger charge is 2.24. The fourth-order valence-electron chi connectivity index (χ4n) is 3.15. The number of oxime groups is 1. The lowest BCUT2D eigenvalue weighted by atomic mass is 9.88. The summed E-state index contributed by atoms with van der Waals surface area (Å²) in [5.41, 5.74) is 1.46. The molecule has 2 N–H and O–H groups in total. The van der Waals surface area contributed by atoms with Crippen LogP contribution in [0.5, 0.6) is 5.75 Å². The van der Waals surface area contributed by atoms with Gasteiger partial charge in [-0.25, -0.2) is 4.79 Å². The van der Waals surface area contributed by atoms with Gasteiger partial charge in [-0.3, -0.25) is 14.4 Å². The number of carbonyl (C=O) groups excluding carboxylic acids is 4. The van der Waals surface area contributed by atoms with E-state index in [1.165, 1.54) is 13.1 Å². The number of ether oxygens (including phenoxy) is 3. The monoisotopic (exact) mass is 484 g/mol. The number of ketones is 2. The van der Waals surface area contributed by atoms with Crippen molar-refractivity contribution in [3.8, 4) is 5.75 Å². The van der Waals surface area contributed by atoms with Gasteiger partial charge in [0.2, 0.25) is 0 Å².